The van der Waals surface area contributed by atoms with Crippen molar-refractivity contribution in [3.8, 4) is 0 Å². The van der Waals surface area contributed by atoms with E-state index in [1.165, 1.54) is 18.5 Å². The molecule has 0 aromatic heterocycles. The van der Waals surface area contributed by atoms with Gasteiger partial charge in [-0.3, -0.25) is 4.79 Å². The Hall–Kier alpha value is -1.55. The van der Waals surface area contributed by atoms with Crippen LogP contribution in [0.3, 0.4) is 0 Å². The van der Waals surface area contributed by atoms with Gasteiger partial charge in [-0.1, -0.05) is 13.8 Å². The van der Waals surface area contributed by atoms with Crippen LogP contribution in [0.25, 0.3) is 0 Å². The normalized spacial score (nSPS) is 16.0. The maximum atomic E-state index is 12.2. The van der Waals surface area contributed by atoms with Crippen LogP contribution in [0.4, 0.5) is 11.4 Å². The minimum Gasteiger partial charge on any atom is -0.372 e. The lowest BCUT2D eigenvalue weighted by Crippen LogP contribution is -2.30. The first-order valence-corrected chi connectivity index (χ1v) is 7.99. The molecular weight excluding hydrogens is 262 g/mol. The molecule has 4 nitrogen and oxygen atoms in total. The number of nitrogens with zero attached hydrogens (tertiary/aromatic N) is 1. The average Bonchev–Trinajstić information content (AvgIpc) is 3.00. The fourth-order valence-corrected chi connectivity index (χ4v) is 2.67. The van der Waals surface area contributed by atoms with Crippen molar-refractivity contribution in [2.45, 2.75) is 33.6 Å². The van der Waals surface area contributed by atoms with Gasteiger partial charge >= 0.3 is 0 Å². The molecule has 1 unspecified atom stereocenters. The number of benzene rings is 1. The summed E-state index contributed by atoms with van der Waals surface area (Å²) in [5.41, 5.74) is 3.32. The Balaban J connectivity index is 1.98. The predicted molar refractivity (Wildman–Crippen MR) is 89.0 cm³/mol. The number of amides is 1. The number of hydrogen-bond donors (Lipinski definition) is 2. The summed E-state index contributed by atoms with van der Waals surface area (Å²) >= 11 is 0. The van der Waals surface area contributed by atoms with Gasteiger partial charge in [0.1, 0.15) is 0 Å². The van der Waals surface area contributed by atoms with E-state index >= 15 is 0 Å². The highest BCUT2D eigenvalue weighted by Gasteiger charge is 2.15. The van der Waals surface area contributed by atoms with Crippen molar-refractivity contribution in [2.24, 2.45) is 5.92 Å². The van der Waals surface area contributed by atoms with Crippen LogP contribution in [-0.4, -0.2) is 32.1 Å². The van der Waals surface area contributed by atoms with Crippen LogP contribution >= 0.6 is 0 Å². The topological polar surface area (TPSA) is 44.4 Å². The van der Waals surface area contributed by atoms with Crippen molar-refractivity contribution in [3.63, 3.8) is 0 Å². The van der Waals surface area contributed by atoms with Gasteiger partial charge in [-0.2, -0.15) is 0 Å². The van der Waals surface area contributed by atoms with Gasteiger partial charge in [-0.25, -0.2) is 0 Å². The lowest BCUT2D eigenvalue weighted by molar-refractivity contribution is -0.119. The fourth-order valence-electron chi connectivity index (χ4n) is 2.67. The molecule has 1 aliphatic rings. The summed E-state index contributed by atoms with van der Waals surface area (Å²) < 4.78 is 0. The molecule has 1 amide bonds. The van der Waals surface area contributed by atoms with Crippen molar-refractivity contribution in [2.75, 3.05) is 36.4 Å². The molecule has 2 rings (SSSR count). The van der Waals surface area contributed by atoms with Crippen molar-refractivity contribution in [1.82, 2.24) is 5.32 Å². The lowest BCUT2D eigenvalue weighted by Gasteiger charge is -2.20. The Labute approximate surface area is 127 Å². The van der Waals surface area contributed by atoms with E-state index in [-0.39, 0.29) is 11.8 Å². The molecule has 1 aromatic rings. The molecule has 0 bridgehead atoms. The van der Waals surface area contributed by atoms with Crippen LogP contribution in [0.2, 0.25) is 0 Å². The lowest BCUT2D eigenvalue weighted by atomic mass is 10.1. The molecule has 0 aliphatic carbocycles. The molecule has 1 fully saturated rings. The van der Waals surface area contributed by atoms with Gasteiger partial charge < -0.3 is 15.5 Å². The molecule has 1 aromatic carbocycles. The smallest absolute Gasteiger partial charge is 0.228 e. The molecule has 116 valence electrons. The van der Waals surface area contributed by atoms with E-state index in [0.29, 0.717) is 6.54 Å². The van der Waals surface area contributed by atoms with Gasteiger partial charge in [-0.05, 0) is 50.1 Å². The number of carbonyl (C=O) groups is 1. The minimum atomic E-state index is -0.0254. The van der Waals surface area contributed by atoms with E-state index in [2.05, 4.69) is 34.6 Å². The molecule has 2 N–H and O–H groups in total. The van der Waals surface area contributed by atoms with Crippen LogP contribution in [0, 0.1) is 12.8 Å². The second-order valence-electron chi connectivity index (χ2n) is 5.89. The summed E-state index contributed by atoms with van der Waals surface area (Å²) in [5.74, 6) is 0.0515. The second kappa shape index (κ2) is 7.46. The molecule has 21 heavy (non-hydrogen) atoms. The van der Waals surface area contributed by atoms with Crippen LogP contribution in [-0.2, 0) is 4.79 Å². The van der Waals surface area contributed by atoms with E-state index in [1.807, 2.05) is 19.9 Å². The van der Waals surface area contributed by atoms with Crippen LogP contribution in [0.15, 0.2) is 18.2 Å². The Bertz CT molecular complexity index is 481. The SMILES string of the molecule is CCNCC(C)C(=O)Nc1ccc(N2CCCC2)cc1C. The average molecular weight is 289 g/mol. The molecule has 4 heteroatoms. The summed E-state index contributed by atoms with van der Waals surface area (Å²) in [6, 6.07) is 6.32. The van der Waals surface area contributed by atoms with Gasteiger partial charge in [0.25, 0.3) is 0 Å². The molecule has 0 spiro atoms. The number of anilines is 2. The first-order chi connectivity index (χ1) is 10.1. The highest BCUT2D eigenvalue weighted by Crippen LogP contribution is 2.25. The number of aryl methyl sites for hydroxylation is 1. The van der Waals surface area contributed by atoms with E-state index in [0.717, 1.165) is 30.9 Å². The molecule has 0 saturated carbocycles. The van der Waals surface area contributed by atoms with Crippen LogP contribution in [0.1, 0.15) is 32.3 Å². The zero-order chi connectivity index (χ0) is 15.2. The summed E-state index contributed by atoms with van der Waals surface area (Å²) in [6.45, 7) is 9.95. The number of rotatable bonds is 6. The van der Waals surface area contributed by atoms with E-state index in [9.17, 15) is 4.79 Å². The Morgan fingerprint density at radius 2 is 2.05 bits per heavy atom. The zero-order valence-electron chi connectivity index (χ0n) is 13.4. The molecular formula is C17H27N3O. The van der Waals surface area contributed by atoms with Gasteiger partial charge in [0.15, 0.2) is 0 Å². The van der Waals surface area contributed by atoms with Gasteiger partial charge in [0.05, 0.1) is 0 Å². The molecule has 1 atom stereocenters. The largest absolute Gasteiger partial charge is 0.372 e. The zero-order valence-corrected chi connectivity index (χ0v) is 13.4. The minimum absolute atomic E-state index is 0.0254. The van der Waals surface area contributed by atoms with Crippen molar-refractivity contribution < 1.29 is 4.79 Å². The third kappa shape index (κ3) is 4.21. The van der Waals surface area contributed by atoms with E-state index in [4.69, 9.17) is 0 Å². The first-order valence-electron chi connectivity index (χ1n) is 7.99. The molecule has 1 heterocycles. The first kappa shape index (κ1) is 15.8. The number of carbonyl (C=O) groups excluding carboxylic acids is 1. The highest BCUT2D eigenvalue weighted by molar-refractivity contribution is 5.93. The summed E-state index contributed by atoms with van der Waals surface area (Å²) in [6.07, 6.45) is 2.55. The third-order valence-electron chi connectivity index (χ3n) is 4.09. The Kier molecular flexibility index (Phi) is 5.62. The van der Waals surface area contributed by atoms with E-state index < -0.39 is 0 Å². The van der Waals surface area contributed by atoms with Crippen molar-refractivity contribution in [3.05, 3.63) is 23.8 Å². The third-order valence-corrected chi connectivity index (χ3v) is 4.09. The number of nitrogens with one attached hydrogen (secondary N) is 2. The Morgan fingerprint density at radius 1 is 1.33 bits per heavy atom. The van der Waals surface area contributed by atoms with E-state index in [1.54, 1.807) is 0 Å². The number of hydrogen-bond acceptors (Lipinski definition) is 3. The molecule has 1 aliphatic heterocycles. The maximum absolute atomic E-state index is 12.2. The Morgan fingerprint density at radius 3 is 2.67 bits per heavy atom. The predicted octanol–water partition coefficient (Wildman–Crippen LogP) is 2.78. The maximum Gasteiger partial charge on any atom is 0.228 e. The van der Waals surface area contributed by atoms with Crippen molar-refractivity contribution >= 4 is 17.3 Å². The van der Waals surface area contributed by atoms with Crippen LogP contribution < -0.4 is 15.5 Å². The molecule has 0 radical (unpaired) electrons. The quantitative estimate of drug-likeness (QED) is 0.846. The van der Waals surface area contributed by atoms with Gasteiger partial charge in [0, 0.05) is 36.9 Å². The monoisotopic (exact) mass is 289 g/mol. The summed E-state index contributed by atoms with van der Waals surface area (Å²) in [5, 5.41) is 6.25. The molecule has 1 saturated heterocycles. The van der Waals surface area contributed by atoms with Gasteiger partial charge in [-0.15, -0.1) is 0 Å². The summed E-state index contributed by atoms with van der Waals surface area (Å²) in [4.78, 5) is 14.6. The summed E-state index contributed by atoms with van der Waals surface area (Å²) in [7, 11) is 0. The fraction of sp³-hybridized carbons (Fsp3) is 0.588. The standard InChI is InChI=1S/C17H27N3O/c1-4-18-12-14(3)17(21)19-16-8-7-15(11-13(16)2)20-9-5-6-10-20/h7-8,11,14,18H,4-6,9-10,12H2,1-3H3,(H,19,21). The van der Waals surface area contributed by atoms with Gasteiger partial charge in [0.2, 0.25) is 5.91 Å². The van der Waals surface area contributed by atoms with Crippen LogP contribution in [0.5, 0.6) is 0 Å². The second-order valence-corrected chi connectivity index (χ2v) is 5.89. The highest BCUT2D eigenvalue weighted by atomic mass is 16.1. The van der Waals surface area contributed by atoms with Crippen molar-refractivity contribution in [1.29, 1.82) is 0 Å².